The first-order valence-corrected chi connectivity index (χ1v) is 9.08. The summed E-state index contributed by atoms with van der Waals surface area (Å²) in [6.45, 7) is 8.45. The third kappa shape index (κ3) is 5.74. The Labute approximate surface area is 159 Å². The minimum atomic E-state index is -0.576. The average molecular weight is 370 g/mol. The SMILES string of the molecule is CC(C)(C)OC(=O)Nc1cncnc1[C@H]1CN(Cc2ccccc2)CCO1. The molecule has 1 aromatic heterocycles. The van der Waals surface area contributed by atoms with Crippen LogP contribution in [0.4, 0.5) is 10.5 Å². The van der Waals surface area contributed by atoms with Gasteiger partial charge in [-0.05, 0) is 26.3 Å². The number of hydrogen-bond donors (Lipinski definition) is 1. The molecule has 1 aliphatic rings. The van der Waals surface area contributed by atoms with Crippen molar-refractivity contribution in [3.05, 3.63) is 54.1 Å². The van der Waals surface area contributed by atoms with Crippen molar-refractivity contribution in [2.24, 2.45) is 0 Å². The quantitative estimate of drug-likeness (QED) is 0.889. The topological polar surface area (TPSA) is 76.6 Å². The Morgan fingerprint density at radius 2 is 2.11 bits per heavy atom. The molecule has 2 aromatic rings. The number of amides is 1. The highest BCUT2D eigenvalue weighted by Crippen LogP contribution is 2.27. The molecule has 1 aliphatic heterocycles. The van der Waals surface area contributed by atoms with E-state index in [4.69, 9.17) is 9.47 Å². The molecule has 1 N–H and O–H groups in total. The molecule has 0 saturated carbocycles. The summed E-state index contributed by atoms with van der Waals surface area (Å²) in [6.07, 6.45) is 2.27. The van der Waals surface area contributed by atoms with E-state index < -0.39 is 11.7 Å². The van der Waals surface area contributed by atoms with Crippen LogP contribution >= 0.6 is 0 Å². The van der Waals surface area contributed by atoms with Gasteiger partial charge < -0.3 is 9.47 Å². The third-order valence-corrected chi connectivity index (χ3v) is 4.08. The number of nitrogens with one attached hydrogen (secondary N) is 1. The molecule has 0 unspecified atom stereocenters. The van der Waals surface area contributed by atoms with Gasteiger partial charge in [-0.15, -0.1) is 0 Å². The fourth-order valence-corrected chi connectivity index (χ4v) is 2.96. The lowest BCUT2D eigenvalue weighted by Gasteiger charge is -2.33. The van der Waals surface area contributed by atoms with Crippen molar-refractivity contribution in [1.82, 2.24) is 14.9 Å². The van der Waals surface area contributed by atoms with Crippen LogP contribution in [0.25, 0.3) is 0 Å². The van der Waals surface area contributed by atoms with Gasteiger partial charge >= 0.3 is 6.09 Å². The van der Waals surface area contributed by atoms with Gasteiger partial charge in [0.2, 0.25) is 0 Å². The van der Waals surface area contributed by atoms with Crippen molar-refractivity contribution in [3.63, 3.8) is 0 Å². The molecular weight excluding hydrogens is 344 g/mol. The minimum Gasteiger partial charge on any atom is -0.444 e. The van der Waals surface area contributed by atoms with E-state index in [-0.39, 0.29) is 6.10 Å². The van der Waals surface area contributed by atoms with E-state index in [9.17, 15) is 4.79 Å². The van der Waals surface area contributed by atoms with Gasteiger partial charge in [-0.25, -0.2) is 14.8 Å². The van der Waals surface area contributed by atoms with E-state index in [0.717, 1.165) is 13.1 Å². The molecule has 0 aliphatic carbocycles. The molecule has 3 rings (SSSR count). The molecule has 2 heterocycles. The number of benzene rings is 1. The predicted octanol–water partition coefficient (Wildman–Crippen LogP) is 3.40. The molecule has 0 spiro atoms. The number of morpholine rings is 1. The molecule has 144 valence electrons. The van der Waals surface area contributed by atoms with Crippen LogP contribution < -0.4 is 5.32 Å². The molecule has 1 amide bonds. The summed E-state index contributed by atoms with van der Waals surface area (Å²) in [5.41, 5.74) is 1.85. The van der Waals surface area contributed by atoms with E-state index in [2.05, 4.69) is 32.3 Å². The number of aromatic nitrogens is 2. The Kier molecular flexibility index (Phi) is 6.03. The predicted molar refractivity (Wildman–Crippen MR) is 102 cm³/mol. The Hall–Kier alpha value is -2.51. The van der Waals surface area contributed by atoms with Gasteiger partial charge in [0, 0.05) is 19.6 Å². The number of ether oxygens (including phenoxy) is 2. The molecule has 7 heteroatoms. The zero-order chi connectivity index (χ0) is 19.3. The fourth-order valence-electron chi connectivity index (χ4n) is 2.96. The lowest BCUT2D eigenvalue weighted by Crippen LogP contribution is -2.38. The van der Waals surface area contributed by atoms with Crippen LogP contribution in [0.5, 0.6) is 0 Å². The zero-order valence-corrected chi connectivity index (χ0v) is 16.0. The number of carbonyl (C=O) groups excluding carboxylic acids is 1. The number of carbonyl (C=O) groups is 1. The highest BCUT2D eigenvalue weighted by molar-refractivity contribution is 5.85. The molecule has 27 heavy (non-hydrogen) atoms. The second-order valence-corrected chi connectivity index (χ2v) is 7.53. The van der Waals surface area contributed by atoms with Crippen LogP contribution in [0.1, 0.15) is 38.1 Å². The molecule has 1 atom stereocenters. The van der Waals surface area contributed by atoms with Crippen molar-refractivity contribution in [2.75, 3.05) is 25.0 Å². The Bertz CT molecular complexity index is 761. The van der Waals surface area contributed by atoms with Crippen LogP contribution in [-0.4, -0.2) is 46.3 Å². The second kappa shape index (κ2) is 8.45. The Morgan fingerprint density at radius 1 is 1.33 bits per heavy atom. The monoisotopic (exact) mass is 370 g/mol. The van der Waals surface area contributed by atoms with Crippen LogP contribution in [0.2, 0.25) is 0 Å². The molecule has 7 nitrogen and oxygen atoms in total. The smallest absolute Gasteiger partial charge is 0.412 e. The van der Waals surface area contributed by atoms with Gasteiger partial charge in [0.15, 0.2) is 0 Å². The first-order valence-electron chi connectivity index (χ1n) is 9.08. The standard InChI is InChI=1S/C20H26N4O3/c1-20(2,3)27-19(25)23-16-11-21-14-22-18(16)17-13-24(9-10-26-17)12-15-7-5-4-6-8-15/h4-8,11,14,17H,9-10,12-13H2,1-3H3,(H,23,25)/t17-/m1/s1. The maximum absolute atomic E-state index is 12.1. The number of nitrogens with zero attached hydrogens (tertiary/aromatic N) is 3. The number of hydrogen-bond acceptors (Lipinski definition) is 6. The van der Waals surface area contributed by atoms with Crippen molar-refractivity contribution in [2.45, 2.75) is 39.0 Å². The first kappa shape index (κ1) is 19.3. The normalized spacial score (nSPS) is 18.1. The van der Waals surface area contributed by atoms with Gasteiger partial charge in [0.25, 0.3) is 0 Å². The van der Waals surface area contributed by atoms with Gasteiger partial charge in [-0.2, -0.15) is 0 Å². The highest BCUT2D eigenvalue weighted by atomic mass is 16.6. The second-order valence-electron chi connectivity index (χ2n) is 7.53. The lowest BCUT2D eigenvalue weighted by atomic mass is 10.1. The summed E-state index contributed by atoms with van der Waals surface area (Å²) < 4.78 is 11.3. The van der Waals surface area contributed by atoms with Crippen molar-refractivity contribution < 1.29 is 14.3 Å². The van der Waals surface area contributed by atoms with Gasteiger partial charge in [-0.1, -0.05) is 30.3 Å². The first-order chi connectivity index (χ1) is 12.9. The van der Waals surface area contributed by atoms with E-state index >= 15 is 0 Å². The summed E-state index contributed by atoms with van der Waals surface area (Å²) in [7, 11) is 0. The zero-order valence-electron chi connectivity index (χ0n) is 16.0. The summed E-state index contributed by atoms with van der Waals surface area (Å²) >= 11 is 0. The van der Waals surface area contributed by atoms with Crippen molar-refractivity contribution in [1.29, 1.82) is 0 Å². The fraction of sp³-hybridized carbons (Fsp3) is 0.450. The molecule has 1 saturated heterocycles. The summed E-state index contributed by atoms with van der Waals surface area (Å²) in [4.78, 5) is 22.8. The average Bonchev–Trinajstić information content (AvgIpc) is 2.62. The lowest BCUT2D eigenvalue weighted by molar-refractivity contribution is -0.0346. The van der Waals surface area contributed by atoms with E-state index in [1.54, 1.807) is 6.20 Å². The summed E-state index contributed by atoms with van der Waals surface area (Å²) in [5, 5.41) is 2.74. The van der Waals surface area contributed by atoms with Crippen molar-refractivity contribution >= 4 is 11.8 Å². The maximum atomic E-state index is 12.1. The van der Waals surface area contributed by atoms with Gasteiger partial charge in [0.1, 0.15) is 18.0 Å². The molecular formula is C20H26N4O3. The minimum absolute atomic E-state index is 0.240. The summed E-state index contributed by atoms with van der Waals surface area (Å²) in [5.74, 6) is 0. The molecule has 0 radical (unpaired) electrons. The molecule has 1 fully saturated rings. The van der Waals surface area contributed by atoms with Crippen LogP contribution in [0, 0.1) is 0 Å². The third-order valence-electron chi connectivity index (χ3n) is 4.08. The van der Waals surface area contributed by atoms with Crippen molar-refractivity contribution in [3.8, 4) is 0 Å². The van der Waals surface area contributed by atoms with Gasteiger partial charge in [-0.3, -0.25) is 10.2 Å². The molecule has 1 aromatic carbocycles. The van der Waals surface area contributed by atoms with E-state index in [0.29, 0.717) is 24.5 Å². The van der Waals surface area contributed by atoms with E-state index in [1.807, 2.05) is 39.0 Å². The largest absolute Gasteiger partial charge is 0.444 e. The van der Waals surface area contributed by atoms with Crippen LogP contribution in [0.15, 0.2) is 42.9 Å². The summed E-state index contributed by atoms with van der Waals surface area (Å²) in [6, 6.07) is 10.3. The van der Waals surface area contributed by atoms with Crippen LogP contribution in [0.3, 0.4) is 0 Å². The number of rotatable bonds is 4. The molecule has 0 bridgehead atoms. The Balaban J connectivity index is 1.69. The van der Waals surface area contributed by atoms with E-state index in [1.165, 1.54) is 11.9 Å². The van der Waals surface area contributed by atoms with Crippen LogP contribution in [-0.2, 0) is 16.0 Å². The number of anilines is 1. The van der Waals surface area contributed by atoms with Gasteiger partial charge in [0.05, 0.1) is 24.2 Å². The highest BCUT2D eigenvalue weighted by Gasteiger charge is 2.27. The maximum Gasteiger partial charge on any atom is 0.412 e. The Morgan fingerprint density at radius 3 is 2.85 bits per heavy atom.